The lowest BCUT2D eigenvalue weighted by molar-refractivity contribution is -0.122. The molecule has 0 radical (unpaired) electrons. The molecule has 1 aliphatic heterocycles. The van der Waals surface area contributed by atoms with Gasteiger partial charge in [-0.05, 0) is 17.7 Å². The summed E-state index contributed by atoms with van der Waals surface area (Å²) in [6.45, 7) is 1.90. The molecule has 1 N–H and O–H groups in total. The Balaban J connectivity index is 1.82. The van der Waals surface area contributed by atoms with E-state index in [9.17, 15) is 4.79 Å². The molecule has 0 bridgehead atoms. The van der Waals surface area contributed by atoms with Crippen LogP contribution in [-0.4, -0.2) is 40.1 Å². The van der Waals surface area contributed by atoms with Crippen molar-refractivity contribution in [1.29, 1.82) is 0 Å². The Kier molecular flexibility index (Phi) is 4.62. The molecule has 2 heterocycles. The van der Waals surface area contributed by atoms with Gasteiger partial charge in [0.2, 0.25) is 0 Å². The highest BCUT2D eigenvalue weighted by atomic mass is 32.2. The molecule has 1 aromatic carbocycles. The zero-order chi connectivity index (χ0) is 14.5. The maximum Gasteiger partial charge on any atom is 0.260 e. The topological polar surface area (TPSA) is 37.3 Å². The summed E-state index contributed by atoms with van der Waals surface area (Å²) in [6, 6.07) is 13.6. The third-order valence-corrected chi connectivity index (χ3v) is 4.56. The standard InChI is InChI=1S/C16H19N3OS/c20-16(17-19-8-4-5-9-19)15(14-6-2-1-3-7-14)18-10-12-21-13-11-18/h1-9,15H,10-13H2,(H,17,20)/t15-/m1/s1. The normalized spacial score (nSPS) is 17.3. The number of nitrogens with one attached hydrogen (secondary N) is 1. The highest BCUT2D eigenvalue weighted by Crippen LogP contribution is 2.24. The predicted molar refractivity (Wildman–Crippen MR) is 86.9 cm³/mol. The molecule has 0 saturated carbocycles. The van der Waals surface area contributed by atoms with Gasteiger partial charge >= 0.3 is 0 Å². The van der Waals surface area contributed by atoms with E-state index in [0.717, 1.165) is 30.2 Å². The fraction of sp³-hybridized carbons (Fsp3) is 0.312. The second kappa shape index (κ2) is 6.83. The van der Waals surface area contributed by atoms with Crippen molar-refractivity contribution in [3.63, 3.8) is 0 Å². The predicted octanol–water partition coefficient (Wildman–Crippen LogP) is 2.35. The van der Waals surface area contributed by atoms with E-state index >= 15 is 0 Å². The zero-order valence-corrected chi connectivity index (χ0v) is 12.6. The Morgan fingerprint density at radius 1 is 1.05 bits per heavy atom. The number of carbonyl (C=O) groups is 1. The van der Waals surface area contributed by atoms with E-state index in [1.165, 1.54) is 0 Å². The molecule has 1 aromatic heterocycles. The fourth-order valence-corrected chi connectivity index (χ4v) is 3.53. The fourth-order valence-electron chi connectivity index (χ4n) is 2.60. The van der Waals surface area contributed by atoms with Crippen LogP contribution in [0, 0.1) is 0 Å². The highest BCUT2D eigenvalue weighted by molar-refractivity contribution is 7.99. The van der Waals surface area contributed by atoms with Crippen LogP contribution in [-0.2, 0) is 4.79 Å². The van der Waals surface area contributed by atoms with Crippen LogP contribution in [0.15, 0.2) is 54.9 Å². The Labute approximate surface area is 129 Å². The van der Waals surface area contributed by atoms with Gasteiger partial charge in [0.1, 0.15) is 6.04 Å². The molecule has 1 saturated heterocycles. The van der Waals surface area contributed by atoms with Crippen LogP contribution in [0.4, 0.5) is 0 Å². The molecular weight excluding hydrogens is 282 g/mol. The average Bonchev–Trinajstić information content (AvgIpc) is 3.02. The summed E-state index contributed by atoms with van der Waals surface area (Å²) >= 11 is 1.95. The van der Waals surface area contributed by atoms with Crippen LogP contribution in [0.3, 0.4) is 0 Å². The molecule has 1 atom stereocenters. The second-order valence-electron chi connectivity index (χ2n) is 5.03. The number of nitrogens with zero attached hydrogens (tertiary/aromatic N) is 2. The molecule has 5 heteroatoms. The van der Waals surface area contributed by atoms with Gasteiger partial charge in [0, 0.05) is 37.0 Å². The maximum absolute atomic E-state index is 12.7. The number of hydrogen-bond acceptors (Lipinski definition) is 3. The number of benzene rings is 1. The summed E-state index contributed by atoms with van der Waals surface area (Å²) in [5, 5.41) is 0. The number of rotatable bonds is 4. The van der Waals surface area contributed by atoms with Gasteiger partial charge in [-0.2, -0.15) is 11.8 Å². The van der Waals surface area contributed by atoms with Crippen LogP contribution in [0.2, 0.25) is 0 Å². The summed E-state index contributed by atoms with van der Waals surface area (Å²) < 4.78 is 1.71. The minimum atomic E-state index is -0.227. The van der Waals surface area contributed by atoms with E-state index in [1.807, 2.05) is 66.6 Å². The van der Waals surface area contributed by atoms with E-state index < -0.39 is 0 Å². The quantitative estimate of drug-likeness (QED) is 0.942. The lowest BCUT2D eigenvalue weighted by atomic mass is 10.0. The molecule has 2 aromatic rings. The third-order valence-electron chi connectivity index (χ3n) is 3.62. The lowest BCUT2D eigenvalue weighted by Crippen LogP contribution is -2.43. The Bertz CT molecular complexity index is 564. The highest BCUT2D eigenvalue weighted by Gasteiger charge is 2.28. The first-order chi connectivity index (χ1) is 10.3. The summed E-state index contributed by atoms with van der Waals surface area (Å²) in [5.41, 5.74) is 4.00. The summed E-state index contributed by atoms with van der Waals surface area (Å²) in [5.74, 6) is 2.18. The van der Waals surface area contributed by atoms with Crippen molar-refractivity contribution in [1.82, 2.24) is 9.58 Å². The van der Waals surface area contributed by atoms with Crippen molar-refractivity contribution >= 4 is 17.7 Å². The molecular formula is C16H19N3OS. The Morgan fingerprint density at radius 2 is 1.71 bits per heavy atom. The van der Waals surface area contributed by atoms with Gasteiger partial charge in [0.25, 0.3) is 5.91 Å². The van der Waals surface area contributed by atoms with Gasteiger partial charge in [-0.25, -0.2) is 0 Å². The van der Waals surface area contributed by atoms with E-state index in [2.05, 4.69) is 10.3 Å². The molecule has 4 nitrogen and oxygen atoms in total. The Morgan fingerprint density at radius 3 is 2.38 bits per heavy atom. The van der Waals surface area contributed by atoms with Gasteiger partial charge in [0.15, 0.2) is 0 Å². The molecule has 21 heavy (non-hydrogen) atoms. The SMILES string of the molecule is O=C(Nn1cccc1)[C@@H](c1ccccc1)N1CCSCC1. The van der Waals surface area contributed by atoms with Crippen molar-refractivity contribution in [2.45, 2.75) is 6.04 Å². The van der Waals surface area contributed by atoms with Crippen molar-refractivity contribution < 1.29 is 4.79 Å². The van der Waals surface area contributed by atoms with Crippen LogP contribution in [0.1, 0.15) is 11.6 Å². The number of thioether (sulfide) groups is 1. The first-order valence-electron chi connectivity index (χ1n) is 7.15. The van der Waals surface area contributed by atoms with Crippen LogP contribution in [0.25, 0.3) is 0 Å². The second-order valence-corrected chi connectivity index (χ2v) is 6.25. The monoisotopic (exact) mass is 301 g/mol. The lowest BCUT2D eigenvalue weighted by Gasteiger charge is -2.33. The van der Waals surface area contributed by atoms with Gasteiger partial charge < -0.3 is 0 Å². The maximum atomic E-state index is 12.7. The molecule has 1 amide bonds. The average molecular weight is 301 g/mol. The summed E-state index contributed by atoms with van der Waals surface area (Å²) in [6.07, 6.45) is 3.68. The largest absolute Gasteiger partial charge is 0.287 e. The van der Waals surface area contributed by atoms with Crippen molar-refractivity contribution in [3.8, 4) is 0 Å². The van der Waals surface area contributed by atoms with Crippen molar-refractivity contribution in [2.75, 3.05) is 30.0 Å². The summed E-state index contributed by atoms with van der Waals surface area (Å²) in [7, 11) is 0. The number of amides is 1. The summed E-state index contributed by atoms with van der Waals surface area (Å²) in [4.78, 5) is 15.0. The van der Waals surface area contributed by atoms with Crippen molar-refractivity contribution in [3.05, 3.63) is 60.4 Å². The van der Waals surface area contributed by atoms with Crippen molar-refractivity contribution in [2.24, 2.45) is 0 Å². The van der Waals surface area contributed by atoms with E-state index in [-0.39, 0.29) is 11.9 Å². The van der Waals surface area contributed by atoms with Crippen LogP contribution < -0.4 is 5.43 Å². The third kappa shape index (κ3) is 3.49. The Hall–Kier alpha value is -1.72. The van der Waals surface area contributed by atoms with Gasteiger partial charge in [-0.1, -0.05) is 30.3 Å². The molecule has 110 valence electrons. The minimum Gasteiger partial charge on any atom is -0.287 e. The zero-order valence-electron chi connectivity index (χ0n) is 11.8. The molecule has 0 aliphatic carbocycles. The van der Waals surface area contributed by atoms with Crippen LogP contribution >= 0.6 is 11.8 Å². The van der Waals surface area contributed by atoms with E-state index in [1.54, 1.807) is 4.68 Å². The number of hydrogen-bond donors (Lipinski definition) is 1. The first-order valence-corrected chi connectivity index (χ1v) is 8.30. The minimum absolute atomic E-state index is 0.0179. The van der Waals surface area contributed by atoms with Gasteiger partial charge in [-0.15, -0.1) is 0 Å². The molecule has 1 fully saturated rings. The van der Waals surface area contributed by atoms with E-state index in [0.29, 0.717) is 0 Å². The molecule has 0 unspecified atom stereocenters. The molecule has 0 spiro atoms. The molecule has 3 rings (SSSR count). The smallest absolute Gasteiger partial charge is 0.260 e. The van der Waals surface area contributed by atoms with Gasteiger partial charge in [-0.3, -0.25) is 19.8 Å². The van der Waals surface area contributed by atoms with E-state index in [4.69, 9.17) is 0 Å². The van der Waals surface area contributed by atoms with Gasteiger partial charge in [0.05, 0.1) is 0 Å². The first kappa shape index (κ1) is 14.2. The number of aromatic nitrogens is 1. The number of carbonyl (C=O) groups excluding carboxylic acids is 1. The molecule has 1 aliphatic rings. The van der Waals surface area contributed by atoms with Crippen LogP contribution in [0.5, 0.6) is 0 Å².